The molecule has 1 aliphatic rings. The van der Waals surface area contributed by atoms with Crippen LogP contribution in [0.3, 0.4) is 0 Å². The van der Waals surface area contributed by atoms with Crippen LogP contribution in [0.15, 0.2) is 59.2 Å². The molecule has 0 unspecified atom stereocenters. The van der Waals surface area contributed by atoms with E-state index in [4.69, 9.17) is 9.15 Å². The molecule has 5 atom stereocenters. The van der Waals surface area contributed by atoms with Gasteiger partial charge in [-0.05, 0) is 34.0 Å². The Morgan fingerprint density at radius 2 is 1.78 bits per heavy atom. The summed E-state index contributed by atoms with van der Waals surface area (Å²) in [5.74, 6) is 0.661. The zero-order chi connectivity index (χ0) is 22.2. The zero-order valence-electron chi connectivity index (χ0n) is 16.9. The van der Waals surface area contributed by atoms with Crippen molar-refractivity contribution in [3.05, 3.63) is 70.9 Å². The summed E-state index contributed by atoms with van der Waals surface area (Å²) in [5.41, 5.74) is 1.60. The van der Waals surface area contributed by atoms with Crippen molar-refractivity contribution in [2.45, 2.75) is 36.9 Å². The van der Waals surface area contributed by atoms with E-state index in [-0.39, 0.29) is 0 Å². The largest absolute Gasteiger partial charge is 0.462 e. The molecular weight excluding hydrogens is 432 g/mol. The summed E-state index contributed by atoms with van der Waals surface area (Å²) in [6.07, 6.45) is -3.98. The molecule has 0 radical (unpaired) electrons. The van der Waals surface area contributed by atoms with Crippen molar-refractivity contribution in [3.63, 3.8) is 0 Å². The number of benzene rings is 2. The SMILES string of the molecule is OC[C@H]1O[C@@H](c2cc(Cc3nnc(-c4ccco4)s3)cc3ccccc23)[C@H](O)[C@@H](O)[C@@H]1O. The van der Waals surface area contributed by atoms with Crippen LogP contribution in [0.1, 0.15) is 22.2 Å². The first-order valence-corrected chi connectivity index (χ1v) is 11.0. The van der Waals surface area contributed by atoms with Crippen molar-refractivity contribution < 1.29 is 29.6 Å². The molecule has 4 N–H and O–H groups in total. The topological polar surface area (TPSA) is 129 Å². The molecule has 1 aliphatic heterocycles. The molecule has 4 aromatic rings. The van der Waals surface area contributed by atoms with Crippen molar-refractivity contribution in [1.29, 1.82) is 0 Å². The molecule has 8 nitrogen and oxygen atoms in total. The first kappa shape index (κ1) is 21.2. The van der Waals surface area contributed by atoms with Gasteiger partial charge in [-0.25, -0.2) is 0 Å². The van der Waals surface area contributed by atoms with Gasteiger partial charge in [0.05, 0.1) is 12.9 Å². The molecule has 1 saturated heterocycles. The number of hydrogen-bond donors (Lipinski definition) is 4. The highest BCUT2D eigenvalue weighted by Gasteiger charge is 2.44. The molecule has 9 heteroatoms. The molecule has 0 saturated carbocycles. The van der Waals surface area contributed by atoms with E-state index in [0.29, 0.717) is 22.8 Å². The van der Waals surface area contributed by atoms with Gasteiger partial charge < -0.3 is 29.6 Å². The summed E-state index contributed by atoms with van der Waals surface area (Å²) < 4.78 is 11.2. The predicted molar refractivity (Wildman–Crippen MR) is 117 cm³/mol. The average Bonchev–Trinajstić information content (AvgIpc) is 3.50. The number of aliphatic hydroxyl groups is 4. The fourth-order valence-electron chi connectivity index (χ4n) is 4.10. The van der Waals surface area contributed by atoms with Crippen LogP contribution in [0.2, 0.25) is 0 Å². The summed E-state index contributed by atoms with van der Waals surface area (Å²) in [5, 5.41) is 52.4. The summed E-state index contributed by atoms with van der Waals surface area (Å²) in [6, 6.07) is 15.2. The standard InChI is InChI=1S/C23H22N2O6S/c26-11-17-19(27)20(28)21(29)22(31-17)15-9-12(8-13-4-1-2-5-14(13)15)10-18-24-25-23(32-18)16-6-3-7-30-16/h1-9,17,19-22,26-29H,10-11H2/t17-,19-,20+,21-,22+/m1/s1. The van der Waals surface area contributed by atoms with Crippen LogP contribution >= 0.6 is 11.3 Å². The van der Waals surface area contributed by atoms with E-state index in [2.05, 4.69) is 10.2 Å². The van der Waals surface area contributed by atoms with Gasteiger partial charge in [0.15, 0.2) is 10.8 Å². The lowest BCUT2D eigenvalue weighted by atomic mass is 9.87. The minimum absolute atomic E-state index is 0.473. The van der Waals surface area contributed by atoms with E-state index in [0.717, 1.165) is 21.3 Å². The van der Waals surface area contributed by atoms with Crippen LogP contribution < -0.4 is 0 Å². The highest BCUT2D eigenvalue weighted by atomic mass is 32.1. The number of aromatic nitrogens is 2. The van der Waals surface area contributed by atoms with Gasteiger partial charge in [-0.3, -0.25) is 0 Å². The van der Waals surface area contributed by atoms with Crippen molar-refractivity contribution in [2.24, 2.45) is 0 Å². The zero-order valence-corrected chi connectivity index (χ0v) is 17.7. The normalized spacial score (nSPS) is 25.9. The maximum atomic E-state index is 10.7. The minimum Gasteiger partial charge on any atom is -0.462 e. The Bertz CT molecular complexity index is 1210. The summed E-state index contributed by atoms with van der Waals surface area (Å²) >= 11 is 1.43. The predicted octanol–water partition coefficient (Wildman–Crippen LogP) is 2.06. The Morgan fingerprint density at radius 3 is 2.56 bits per heavy atom. The molecule has 3 heterocycles. The van der Waals surface area contributed by atoms with Gasteiger partial charge in [-0.2, -0.15) is 0 Å². The quantitative estimate of drug-likeness (QED) is 0.361. The minimum atomic E-state index is -1.44. The van der Waals surface area contributed by atoms with Crippen LogP contribution in [0.25, 0.3) is 21.5 Å². The fourth-order valence-corrected chi connectivity index (χ4v) is 4.94. The van der Waals surface area contributed by atoms with Crippen molar-refractivity contribution in [1.82, 2.24) is 10.2 Å². The van der Waals surface area contributed by atoms with E-state index >= 15 is 0 Å². The average molecular weight is 455 g/mol. The molecular formula is C23H22N2O6S. The second-order valence-corrected chi connectivity index (χ2v) is 8.87. The molecule has 0 aliphatic carbocycles. The third-order valence-electron chi connectivity index (χ3n) is 5.71. The fraction of sp³-hybridized carbons (Fsp3) is 0.304. The lowest BCUT2D eigenvalue weighted by Crippen LogP contribution is -2.55. The maximum absolute atomic E-state index is 10.7. The molecule has 2 aromatic carbocycles. The van der Waals surface area contributed by atoms with Gasteiger partial charge in [0.2, 0.25) is 0 Å². The van der Waals surface area contributed by atoms with Crippen molar-refractivity contribution >= 4 is 22.1 Å². The molecule has 0 amide bonds. The molecule has 1 fully saturated rings. The van der Waals surface area contributed by atoms with E-state index < -0.39 is 37.1 Å². The second kappa shape index (κ2) is 8.70. The number of furan rings is 1. The first-order valence-electron chi connectivity index (χ1n) is 10.2. The Kier molecular flexibility index (Phi) is 5.76. The third kappa shape index (κ3) is 3.83. The first-order chi connectivity index (χ1) is 15.5. The number of hydrogen-bond acceptors (Lipinski definition) is 9. The number of rotatable bonds is 5. The highest BCUT2D eigenvalue weighted by molar-refractivity contribution is 7.14. The molecule has 0 spiro atoms. The Labute approximate surface area is 187 Å². The van der Waals surface area contributed by atoms with Crippen molar-refractivity contribution in [2.75, 3.05) is 6.61 Å². The van der Waals surface area contributed by atoms with Crippen LogP contribution in [0.5, 0.6) is 0 Å². The Morgan fingerprint density at radius 1 is 0.938 bits per heavy atom. The van der Waals surface area contributed by atoms with Gasteiger partial charge in [0, 0.05) is 6.42 Å². The monoisotopic (exact) mass is 454 g/mol. The lowest BCUT2D eigenvalue weighted by molar-refractivity contribution is -0.231. The van der Waals surface area contributed by atoms with E-state index in [9.17, 15) is 20.4 Å². The molecule has 32 heavy (non-hydrogen) atoms. The highest BCUT2D eigenvalue weighted by Crippen LogP contribution is 2.37. The van der Waals surface area contributed by atoms with Crippen LogP contribution in [0.4, 0.5) is 0 Å². The molecule has 5 rings (SSSR count). The van der Waals surface area contributed by atoms with Gasteiger partial charge in [-0.15, -0.1) is 10.2 Å². The number of nitrogens with zero attached hydrogens (tertiary/aromatic N) is 2. The maximum Gasteiger partial charge on any atom is 0.183 e. The van der Waals surface area contributed by atoms with Crippen LogP contribution in [-0.4, -0.2) is 61.6 Å². The summed E-state index contributed by atoms with van der Waals surface area (Å²) in [6.45, 7) is -0.473. The number of fused-ring (bicyclic) bond motifs is 1. The van der Waals surface area contributed by atoms with Crippen LogP contribution in [0, 0.1) is 0 Å². The van der Waals surface area contributed by atoms with Crippen molar-refractivity contribution in [3.8, 4) is 10.8 Å². The van der Waals surface area contributed by atoms with Gasteiger partial charge >= 0.3 is 0 Å². The molecule has 166 valence electrons. The Balaban J connectivity index is 1.52. The van der Waals surface area contributed by atoms with E-state index in [1.807, 2.05) is 42.5 Å². The number of ether oxygens (including phenoxy) is 1. The lowest BCUT2D eigenvalue weighted by Gasteiger charge is -2.40. The van der Waals surface area contributed by atoms with Gasteiger partial charge in [-0.1, -0.05) is 47.7 Å². The van der Waals surface area contributed by atoms with Gasteiger partial charge in [0.1, 0.15) is 35.5 Å². The summed E-state index contributed by atoms with van der Waals surface area (Å²) in [4.78, 5) is 0. The van der Waals surface area contributed by atoms with Crippen LogP contribution in [-0.2, 0) is 11.2 Å². The van der Waals surface area contributed by atoms with Gasteiger partial charge in [0.25, 0.3) is 0 Å². The smallest absolute Gasteiger partial charge is 0.183 e. The molecule has 0 bridgehead atoms. The number of aliphatic hydroxyl groups excluding tert-OH is 4. The molecule has 2 aromatic heterocycles. The third-order valence-corrected chi connectivity index (χ3v) is 6.64. The van der Waals surface area contributed by atoms with E-state index in [1.54, 1.807) is 12.3 Å². The Hall–Kier alpha value is -2.66. The van der Waals surface area contributed by atoms with E-state index in [1.165, 1.54) is 11.3 Å². The second-order valence-electron chi connectivity index (χ2n) is 7.81. The summed E-state index contributed by atoms with van der Waals surface area (Å²) in [7, 11) is 0.